The van der Waals surface area contributed by atoms with Crippen LogP contribution in [0.1, 0.15) is 24.0 Å². The molecule has 0 radical (unpaired) electrons. The smallest absolute Gasteiger partial charge is 0.00424 e. The number of rotatable bonds is 2. The van der Waals surface area contributed by atoms with Gasteiger partial charge in [0.05, 0.1) is 0 Å². The Morgan fingerprint density at radius 2 is 1.89 bits per heavy atom. The van der Waals surface area contributed by atoms with E-state index in [-0.39, 0.29) is 0 Å². The Balaban J connectivity index is 2.17. The fraction of sp³-hybridized carbons (Fsp3) is 0.176. The standard InChI is InChI=1S/C17H17N/c18-10-4-9-13-7-3-8-16-11-14-5-1-2-6-15(14)12-17(13)16/h1-3,5-6,8-9,11-12H,4,7,10,18H2. The van der Waals surface area contributed by atoms with E-state index in [1.54, 1.807) is 0 Å². The lowest BCUT2D eigenvalue weighted by Gasteiger charge is -2.15. The van der Waals surface area contributed by atoms with Crippen LogP contribution in [0.2, 0.25) is 0 Å². The third kappa shape index (κ3) is 1.98. The van der Waals surface area contributed by atoms with Crippen molar-refractivity contribution in [3.05, 3.63) is 59.7 Å². The first-order chi connectivity index (χ1) is 8.88. The van der Waals surface area contributed by atoms with Crippen LogP contribution in [0.5, 0.6) is 0 Å². The molecule has 0 aromatic heterocycles. The first kappa shape index (κ1) is 11.2. The number of allylic oxidation sites excluding steroid dienone is 2. The van der Waals surface area contributed by atoms with Crippen molar-refractivity contribution in [1.29, 1.82) is 0 Å². The van der Waals surface area contributed by atoms with Crippen LogP contribution < -0.4 is 5.73 Å². The zero-order valence-corrected chi connectivity index (χ0v) is 10.4. The summed E-state index contributed by atoms with van der Waals surface area (Å²) < 4.78 is 0. The Labute approximate surface area is 108 Å². The monoisotopic (exact) mass is 235 g/mol. The highest BCUT2D eigenvalue weighted by molar-refractivity contribution is 5.92. The van der Waals surface area contributed by atoms with Crippen molar-refractivity contribution >= 4 is 22.4 Å². The summed E-state index contributed by atoms with van der Waals surface area (Å²) in [4.78, 5) is 0. The maximum Gasteiger partial charge on any atom is -0.00424 e. The van der Waals surface area contributed by atoms with Gasteiger partial charge in [-0.2, -0.15) is 0 Å². The van der Waals surface area contributed by atoms with E-state index in [0.717, 1.165) is 19.4 Å². The number of nitrogens with two attached hydrogens (primary N) is 1. The van der Waals surface area contributed by atoms with E-state index in [1.165, 1.54) is 27.5 Å². The molecule has 0 aliphatic heterocycles. The van der Waals surface area contributed by atoms with E-state index in [2.05, 4.69) is 54.6 Å². The molecule has 1 nitrogen and oxygen atoms in total. The highest BCUT2D eigenvalue weighted by atomic mass is 14.5. The van der Waals surface area contributed by atoms with Crippen LogP contribution in [-0.4, -0.2) is 6.54 Å². The van der Waals surface area contributed by atoms with Crippen LogP contribution in [0.25, 0.3) is 22.4 Å². The van der Waals surface area contributed by atoms with E-state index < -0.39 is 0 Å². The minimum absolute atomic E-state index is 0.718. The SMILES string of the molecule is NCCC=C1CC=Cc2cc3ccccc3cc21. The van der Waals surface area contributed by atoms with E-state index in [9.17, 15) is 0 Å². The predicted molar refractivity (Wildman–Crippen MR) is 79.2 cm³/mol. The molecule has 0 saturated heterocycles. The van der Waals surface area contributed by atoms with Gasteiger partial charge in [0.1, 0.15) is 0 Å². The molecule has 1 aliphatic rings. The van der Waals surface area contributed by atoms with Gasteiger partial charge in [0.2, 0.25) is 0 Å². The van der Waals surface area contributed by atoms with Crippen LogP contribution in [0.3, 0.4) is 0 Å². The zero-order valence-electron chi connectivity index (χ0n) is 10.4. The van der Waals surface area contributed by atoms with Crippen molar-refractivity contribution < 1.29 is 0 Å². The Morgan fingerprint density at radius 3 is 2.67 bits per heavy atom. The van der Waals surface area contributed by atoms with Crippen LogP contribution in [0.4, 0.5) is 0 Å². The second-order valence-corrected chi connectivity index (χ2v) is 4.70. The minimum Gasteiger partial charge on any atom is -0.330 e. The molecule has 1 heteroatoms. The molecule has 0 bridgehead atoms. The van der Waals surface area contributed by atoms with E-state index in [4.69, 9.17) is 5.73 Å². The molecule has 0 spiro atoms. The van der Waals surface area contributed by atoms with Gasteiger partial charge in [-0.25, -0.2) is 0 Å². The minimum atomic E-state index is 0.718. The first-order valence-electron chi connectivity index (χ1n) is 6.47. The molecule has 0 saturated carbocycles. The molecule has 0 fully saturated rings. The third-order valence-electron chi connectivity index (χ3n) is 3.46. The quantitative estimate of drug-likeness (QED) is 0.836. The van der Waals surface area contributed by atoms with Gasteiger partial charge in [0, 0.05) is 0 Å². The van der Waals surface area contributed by atoms with E-state index in [0.29, 0.717) is 0 Å². The predicted octanol–water partition coefficient (Wildman–Crippen LogP) is 3.99. The van der Waals surface area contributed by atoms with Crippen LogP contribution in [0.15, 0.2) is 48.6 Å². The Bertz CT molecular complexity index is 635. The fourth-order valence-corrected chi connectivity index (χ4v) is 2.55. The molecule has 90 valence electrons. The van der Waals surface area contributed by atoms with Gasteiger partial charge >= 0.3 is 0 Å². The summed E-state index contributed by atoms with van der Waals surface area (Å²) in [6.07, 6.45) is 8.71. The summed E-state index contributed by atoms with van der Waals surface area (Å²) in [5.41, 5.74) is 9.69. The molecule has 1 aliphatic carbocycles. The highest BCUT2D eigenvalue weighted by Gasteiger charge is 2.10. The van der Waals surface area contributed by atoms with Gasteiger partial charge in [-0.3, -0.25) is 0 Å². The van der Waals surface area contributed by atoms with E-state index in [1.807, 2.05) is 0 Å². The van der Waals surface area contributed by atoms with Gasteiger partial charge in [0.25, 0.3) is 0 Å². The van der Waals surface area contributed by atoms with Crippen molar-refractivity contribution in [3.8, 4) is 0 Å². The van der Waals surface area contributed by atoms with Crippen LogP contribution in [0, 0.1) is 0 Å². The summed E-state index contributed by atoms with van der Waals surface area (Å²) in [5, 5.41) is 2.62. The maximum atomic E-state index is 5.59. The van der Waals surface area contributed by atoms with Gasteiger partial charge < -0.3 is 5.73 Å². The molecule has 18 heavy (non-hydrogen) atoms. The van der Waals surface area contributed by atoms with Crippen LogP contribution >= 0.6 is 0 Å². The number of fused-ring (bicyclic) bond motifs is 2. The molecule has 0 amide bonds. The van der Waals surface area contributed by atoms with Crippen molar-refractivity contribution in [3.63, 3.8) is 0 Å². The molecule has 0 atom stereocenters. The molecule has 2 aromatic rings. The van der Waals surface area contributed by atoms with E-state index >= 15 is 0 Å². The lowest BCUT2D eigenvalue weighted by molar-refractivity contribution is 1.01. The fourth-order valence-electron chi connectivity index (χ4n) is 2.55. The summed E-state index contributed by atoms with van der Waals surface area (Å²) in [6.45, 7) is 0.718. The van der Waals surface area contributed by atoms with Crippen LogP contribution in [-0.2, 0) is 0 Å². The maximum absolute atomic E-state index is 5.59. The molecular weight excluding hydrogens is 218 g/mol. The average molecular weight is 235 g/mol. The topological polar surface area (TPSA) is 26.0 Å². The molecule has 2 N–H and O–H groups in total. The summed E-state index contributed by atoms with van der Waals surface area (Å²) in [5.74, 6) is 0. The first-order valence-corrected chi connectivity index (χ1v) is 6.47. The van der Waals surface area contributed by atoms with Crippen molar-refractivity contribution in [1.82, 2.24) is 0 Å². The number of hydrogen-bond donors (Lipinski definition) is 1. The highest BCUT2D eigenvalue weighted by Crippen LogP contribution is 2.32. The van der Waals surface area contributed by atoms with Gasteiger partial charge in [-0.05, 0) is 59.0 Å². The lowest BCUT2D eigenvalue weighted by atomic mass is 9.89. The summed E-state index contributed by atoms with van der Waals surface area (Å²) in [6, 6.07) is 13.1. The van der Waals surface area contributed by atoms with Gasteiger partial charge in [0.15, 0.2) is 0 Å². The van der Waals surface area contributed by atoms with Crippen molar-refractivity contribution in [2.24, 2.45) is 5.73 Å². The van der Waals surface area contributed by atoms with Gasteiger partial charge in [-0.1, -0.05) is 42.5 Å². The second kappa shape index (κ2) is 4.79. The Morgan fingerprint density at radius 1 is 1.11 bits per heavy atom. The molecule has 0 heterocycles. The van der Waals surface area contributed by atoms with Crippen molar-refractivity contribution in [2.45, 2.75) is 12.8 Å². The van der Waals surface area contributed by atoms with Crippen molar-refractivity contribution in [2.75, 3.05) is 6.54 Å². The number of benzene rings is 2. The molecule has 0 unspecified atom stereocenters. The summed E-state index contributed by atoms with van der Waals surface area (Å²) in [7, 11) is 0. The van der Waals surface area contributed by atoms with Gasteiger partial charge in [-0.15, -0.1) is 0 Å². The second-order valence-electron chi connectivity index (χ2n) is 4.70. The molecule has 2 aromatic carbocycles. The average Bonchev–Trinajstić information content (AvgIpc) is 2.43. The molecular formula is C17H17N. The Kier molecular flexibility index (Phi) is 2.99. The zero-order chi connectivity index (χ0) is 12.4. The third-order valence-corrected chi connectivity index (χ3v) is 3.46. The lowest BCUT2D eigenvalue weighted by Crippen LogP contribution is -1.98. The summed E-state index contributed by atoms with van der Waals surface area (Å²) >= 11 is 0. The molecule has 3 rings (SSSR count). The largest absolute Gasteiger partial charge is 0.330 e. The normalized spacial score (nSPS) is 16.2. The number of hydrogen-bond acceptors (Lipinski definition) is 1. The Hall–Kier alpha value is -1.86.